The summed E-state index contributed by atoms with van der Waals surface area (Å²) in [5, 5.41) is 13.9. The summed E-state index contributed by atoms with van der Waals surface area (Å²) in [7, 11) is 1.61. The lowest BCUT2D eigenvalue weighted by Crippen LogP contribution is -2.46. The van der Waals surface area contributed by atoms with Crippen LogP contribution < -0.4 is 5.32 Å². The van der Waals surface area contributed by atoms with E-state index >= 15 is 0 Å². The van der Waals surface area contributed by atoms with Gasteiger partial charge in [-0.3, -0.25) is 13.8 Å². The Kier molecular flexibility index (Phi) is 35.4. The van der Waals surface area contributed by atoms with E-state index in [1.807, 2.05) is 21.1 Å². The van der Waals surface area contributed by atoms with Crippen molar-refractivity contribution in [3.63, 3.8) is 0 Å². The molecule has 310 valence electrons. The minimum Gasteiger partial charge on any atom is -0.391 e. The van der Waals surface area contributed by atoms with E-state index in [1.54, 1.807) is 0 Å². The van der Waals surface area contributed by atoms with Gasteiger partial charge in [-0.25, -0.2) is 4.57 Å². The number of nitrogens with one attached hydrogen (secondary N) is 1. The molecule has 0 saturated heterocycles. The molecule has 0 aliphatic heterocycles. The Morgan fingerprint density at radius 2 is 1.04 bits per heavy atom. The van der Waals surface area contributed by atoms with Crippen LogP contribution >= 0.6 is 7.82 Å². The fourth-order valence-corrected chi connectivity index (χ4v) is 7.19. The van der Waals surface area contributed by atoms with Gasteiger partial charge in [-0.2, -0.15) is 0 Å². The number of allylic oxidation sites excluding steroid dienone is 2. The van der Waals surface area contributed by atoms with Crippen molar-refractivity contribution in [2.45, 2.75) is 219 Å². The van der Waals surface area contributed by atoms with Gasteiger partial charge in [0.1, 0.15) is 13.2 Å². The first-order valence-electron chi connectivity index (χ1n) is 22.1. The van der Waals surface area contributed by atoms with Gasteiger partial charge in [0.2, 0.25) is 5.91 Å². The van der Waals surface area contributed by atoms with Crippen molar-refractivity contribution in [2.75, 3.05) is 40.9 Å². The first kappa shape index (κ1) is 51.2. The van der Waals surface area contributed by atoms with E-state index < -0.39 is 20.0 Å². The van der Waals surface area contributed by atoms with Gasteiger partial charge in [0.25, 0.3) is 0 Å². The zero-order valence-corrected chi connectivity index (χ0v) is 36.0. The molecule has 52 heavy (non-hydrogen) atoms. The van der Waals surface area contributed by atoms with E-state index in [0.29, 0.717) is 23.9 Å². The lowest BCUT2D eigenvalue weighted by Gasteiger charge is -2.26. The lowest BCUT2D eigenvalue weighted by atomic mass is 10.0. The number of quaternary nitrogens is 1. The summed E-state index contributed by atoms with van der Waals surface area (Å²) < 4.78 is 23.6. The molecule has 0 aromatic carbocycles. The molecule has 3 atom stereocenters. The van der Waals surface area contributed by atoms with Gasteiger partial charge in [-0.1, -0.05) is 174 Å². The van der Waals surface area contributed by atoms with Crippen LogP contribution in [0.2, 0.25) is 0 Å². The zero-order valence-electron chi connectivity index (χ0n) is 35.1. The number of likely N-dealkylation sites (N-methyl/N-ethyl adjacent to an activating group) is 1. The van der Waals surface area contributed by atoms with Crippen LogP contribution in [0.25, 0.3) is 0 Å². The number of amides is 1. The summed E-state index contributed by atoms with van der Waals surface area (Å²) in [6, 6.07) is -0.759. The second-order valence-electron chi connectivity index (χ2n) is 16.4. The molecule has 0 aromatic heterocycles. The standard InChI is InChI=1S/C43H87N2O6P/c1-6-8-10-12-14-16-18-20-21-22-23-25-26-28-30-32-34-36-42(46)41(40-51-52(48,49)50-39-38-45(3,4)5)44-43(47)37-35-33-31-29-27-24-19-17-15-13-11-9-7-2/h17,19,41-42,46H,6-16,18,20-40H2,1-5H3,(H-,44,47,48,49)/p+1/b19-17-. The van der Waals surface area contributed by atoms with Crippen molar-refractivity contribution in [1.29, 1.82) is 0 Å². The SMILES string of the molecule is CCCCCC/C=C\CCCCCCCC(=O)NC(COP(=O)(O)OCC[N+](C)(C)C)C(O)CCCCCCCCCCCCCCCCCCC. The number of carbonyl (C=O) groups is 1. The van der Waals surface area contributed by atoms with Crippen LogP contribution in [0.1, 0.15) is 206 Å². The largest absolute Gasteiger partial charge is 0.472 e. The van der Waals surface area contributed by atoms with Gasteiger partial charge < -0.3 is 19.8 Å². The fourth-order valence-electron chi connectivity index (χ4n) is 6.45. The molecule has 3 unspecified atom stereocenters. The number of hydrogen-bond donors (Lipinski definition) is 3. The molecule has 0 heterocycles. The summed E-state index contributed by atoms with van der Waals surface area (Å²) in [5.74, 6) is -0.153. The predicted octanol–water partition coefficient (Wildman–Crippen LogP) is 12.0. The molecule has 1 amide bonds. The highest BCUT2D eigenvalue weighted by atomic mass is 31.2. The quantitative estimate of drug-likeness (QED) is 0.0249. The maximum absolute atomic E-state index is 12.8. The molecule has 0 bridgehead atoms. The third kappa shape index (κ3) is 37.6. The molecule has 9 heteroatoms. The van der Waals surface area contributed by atoms with Crippen LogP contribution in [0.4, 0.5) is 0 Å². The van der Waals surface area contributed by atoms with Crippen LogP contribution in [0.3, 0.4) is 0 Å². The first-order chi connectivity index (χ1) is 25.0. The molecular formula is C43H88N2O6P+. The van der Waals surface area contributed by atoms with Gasteiger partial charge in [0.05, 0.1) is 39.9 Å². The average molecular weight is 760 g/mol. The summed E-state index contributed by atoms with van der Waals surface area (Å²) in [5.41, 5.74) is 0. The second kappa shape index (κ2) is 35.9. The maximum atomic E-state index is 12.8. The number of phosphoric acid groups is 1. The average Bonchev–Trinajstić information content (AvgIpc) is 3.09. The molecule has 3 N–H and O–H groups in total. The van der Waals surface area contributed by atoms with Crippen molar-refractivity contribution in [1.82, 2.24) is 5.32 Å². The highest BCUT2D eigenvalue weighted by Crippen LogP contribution is 2.43. The Morgan fingerprint density at radius 1 is 0.635 bits per heavy atom. The number of unbranched alkanes of at least 4 members (excludes halogenated alkanes) is 25. The molecule has 0 rings (SSSR count). The second-order valence-corrected chi connectivity index (χ2v) is 17.9. The number of phosphoric ester groups is 1. The molecule has 8 nitrogen and oxygen atoms in total. The summed E-state index contributed by atoms with van der Waals surface area (Å²) in [6.45, 7) is 4.87. The van der Waals surface area contributed by atoms with Crippen LogP contribution in [0, 0.1) is 0 Å². The third-order valence-electron chi connectivity index (χ3n) is 10.0. The van der Waals surface area contributed by atoms with Gasteiger partial charge in [-0.15, -0.1) is 0 Å². The molecule has 0 aromatic rings. The minimum absolute atomic E-state index is 0.0748. The van der Waals surface area contributed by atoms with Crippen LogP contribution in [0.5, 0.6) is 0 Å². The van der Waals surface area contributed by atoms with Crippen molar-refractivity contribution < 1.29 is 32.9 Å². The molecule has 0 spiro atoms. The number of aliphatic hydroxyl groups is 1. The zero-order chi connectivity index (χ0) is 38.6. The summed E-state index contributed by atoms with van der Waals surface area (Å²) >= 11 is 0. The monoisotopic (exact) mass is 760 g/mol. The number of carbonyl (C=O) groups excluding carboxylic acids is 1. The molecular weight excluding hydrogens is 671 g/mol. The van der Waals surface area contributed by atoms with E-state index in [9.17, 15) is 19.4 Å². The van der Waals surface area contributed by atoms with E-state index in [-0.39, 0.29) is 19.1 Å². The Morgan fingerprint density at radius 3 is 1.50 bits per heavy atom. The first-order valence-corrected chi connectivity index (χ1v) is 23.5. The molecule has 0 radical (unpaired) electrons. The van der Waals surface area contributed by atoms with Crippen LogP contribution in [-0.2, 0) is 18.4 Å². The van der Waals surface area contributed by atoms with Crippen molar-refractivity contribution in [3.8, 4) is 0 Å². The number of hydrogen-bond acceptors (Lipinski definition) is 5. The Balaban J connectivity index is 4.36. The van der Waals surface area contributed by atoms with E-state index in [0.717, 1.165) is 51.4 Å². The van der Waals surface area contributed by atoms with Crippen molar-refractivity contribution in [2.24, 2.45) is 0 Å². The highest BCUT2D eigenvalue weighted by molar-refractivity contribution is 7.47. The molecule has 0 aliphatic carbocycles. The van der Waals surface area contributed by atoms with Crippen molar-refractivity contribution in [3.05, 3.63) is 12.2 Å². The number of aliphatic hydroxyl groups excluding tert-OH is 1. The van der Waals surface area contributed by atoms with E-state index in [1.165, 1.54) is 128 Å². The van der Waals surface area contributed by atoms with Gasteiger partial charge in [-0.05, 0) is 38.5 Å². The summed E-state index contributed by atoms with van der Waals surface area (Å²) in [6.07, 6.45) is 39.4. The van der Waals surface area contributed by atoms with Crippen LogP contribution in [0.15, 0.2) is 12.2 Å². The molecule has 0 aliphatic rings. The van der Waals surface area contributed by atoms with E-state index in [4.69, 9.17) is 9.05 Å². The van der Waals surface area contributed by atoms with E-state index in [2.05, 4.69) is 31.3 Å². The topological polar surface area (TPSA) is 105 Å². The molecule has 0 fully saturated rings. The van der Waals surface area contributed by atoms with Gasteiger partial charge in [0.15, 0.2) is 0 Å². The lowest BCUT2D eigenvalue weighted by molar-refractivity contribution is -0.870. The Labute approximate surface area is 322 Å². The van der Waals surface area contributed by atoms with Gasteiger partial charge in [0, 0.05) is 6.42 Å². The Bertz CT molecular complexity index is 865. The number of nitrogens with zero attached hydrogens (tertiary/aromatic N) is 1. The Hall–Kier alpha value is -0.760. The van der Waals surface area contributed by atoms with Crippen LogP contribution in [-0.4, -0.2) is 73.4 Å². The smallest absolute Gasteiger partial charge is 0.391 e. The third-order valence-corrected chi connectivity index (χ3v) is 11.0. The number of rotatable bonds is 40. The normalized spacial score (nSPS) is 14.5. The fraction of sp³-hybridized carbons (Fsp3) is 0.930. The van der Waals surface area contributed by atoms with Gasteiger partial charge >= 0.3 is 7.82 Å². The van der Waals surface area contributed by atoms with Crippen molar-refractivity contribution >= 4 is 13.7 Å². The minimum atomic E-state index is -4.31. The predicted molar refractivity (Wildman–Crippen MR) is 222 cm³/mol. The summed E-state index contributed by atoms with van der Waals surface area (Å²) in [4.78, 5) is 23.1. The highest BCUT2D eigenvalue weighted by Gasteiger charge is 2.28. The maximum Gasteiger partial charge on any atom is 0.472 e. The molecule has 0 saturated carbocycles.